The van der Waals surface area contributed by atoms with Gasteiger partial charge in [0.2, 0.25) is 5.91 Å². The minimum Gasteiger partial charge on any atom is -0.489 e. The largest absolute Gasteiger partial charge is 0.489 e. The zero-order chi connectivity index (χ0) is 25.8. The van der Waals surface area contributed by atoms with E-state index in [0.717, 1.165) is 16.7 Å². The van der Waals surface area contributed by atoms with Gasteiger partial charge in [0.1, 0.15) is 29.4 Å². The molecule has 0 saturated carbocycles. The molecule has 1 aliphatic heterocycles. The summed E-state index contributed by atoms with van der Waals surface area (Å²) < 4.78 is 7.69. The quantitative estimate of drug-likeness (QED) is 0.307. The number of rotatable bonds is 8. The number of benzene rings is 3. The molecular weight excluding hydrogens is 466 g/mol. The smallest absolute Gasteiger partial charge is 0.254 e. The van der Waals surface area contributed by atoms with Crippen molar-refractivity contribution in [1.29, 1.82) is 0 Å². The normalized spacial score (nSPS) is 14.2. The van der Waals surface area contributed by atoms with Gasteiger partial charge in [0.25, 0.3) is 5.91 Å². The van der Waals surface area contributed by atoms with Gasteiger partial charge in [-0.15, -0.1) is 0 Å². The van der Waals surface area contributed by atoms with Crippen molar-refractivity contribution in [2.24, 2.45) is 5.73 Å². The maximum Gasteiger partial charge on any atom is 0.254 e. The highest BCUT2D eigenvalue weighted by atomic mass is 16.5. The molecule has 5 rings (SSSR count). The Morgan fingerprint density at radius 1 is 1.08 bits per heavy atom. The number of nitrogens with one attached hydrogen (secondary N) is 2. The zero-order valence-electron chi connectivity index (χ0n) is 20.2. The Kier molecular flexibility index (Phi) is 6.72. The molecule has 0 radical (unpaired) electrons. The molecule has 0 fully saturated rings. The number of primary amides is 1. The van der Waals surface area contributed by atoms with Crippen molar-refractivity contribution in [3.8, 4) is 17.0 Å². The Bertz CT molecular complexity index is 1440. The molecule has 8 heteroatoms. The van der Waals surface area contributed by atoms with Crippen LogP contribution in [-0.4, -0.2) is 28.1 Å². The minimum atomic E-state index is -0.568. The number of ether oxygens (including phenoxy) is 1. The molecule has 186 valence electrons. The average molecular weight is 494 g/mol. The number of nitrogens with zero attached hydrogens (tertiary/aromatic N) is 2. The topological polar surface area (TPSA) is 111 Å². The first-order valence-electron chi connectivity index (χ1n) is 12.0. The fourth-order valence-electron chi connectivity index (χ4n) is 4.54. The van der Waals surface area contributed by atoms with Crippen molar-refractivity contribution in [3.63, 3.8) is 0 Å². The van der Waals surface area contributed by atoms with E-state index in [1.54, 1.807) is 4.68 Å². The van der Waals surface area contributed by atoms with Gasteiger partial charge in [0, 0.05) is 23.4 Å². The monoisotopic (exact) mass is 493 g/mol. The second-order valence-corrected chi connectivity index (χ2v) is 8.69. The van der Waals surface area contributed by atoms with Crippen molar-refractivity contribution in [2.75, 3.05) is 17.2 Å². The van der Waals surface area contributed by atoms with Crippen LogP contribution in [0, 0.1) is 0 Å². The number of anilines is 2. The minimum absolute atomic E-state index is 0.210. The Morgan fingerprint density at radius 3 is 2.54 bits per heavy atom. The van der Waals surface area contributed by atoms with Gasteiger partial charge in [-0.3, -0.25) is 9.59 Å². The molecule has 1 aromatic heterocycles. The van der Waals surface area contributed by atoms with Crippen LogP contribution in [0.15, 0.2) is 91.5 Å². The fraction of sp³-hybridized carbons (Fsp3) is 0.138. The van der Waals surface area contributed by atoms with Gasteiger partial charge >= 0.3 is 0 Å². The molecule has 0 saturated heterocycles. The summed E-state index contributed by atoms with van der Waals surface area (Å²) in [5.74, 6) is 0.408. The van der Waals surface area contributed by atoms with Crippen LogP contribution in [0.4, 0.5) is 11.5 Å². The Hall–Kier alpha value is -4.85. The van der Waals surface area contributed by atoms with Gasteiger partial charge in [-0.2, -0.15) is 5.10 Å². The molecule has 37 heavy (non-hydrogen) atoms. The van der Waals surface area contributed by atoms with E-state index < -0.39 is 5.91 Å². The summed E-state index contributed by atoms with van der Waals surface area (Å²) in [6.07, 6.45) is 1.94. The Labute approximate surface area is 214 Å². The number of hydrogen-bond donors (Lipinski definition) is 3. The number of amides is 2. The summed E-state index contributed by atoms with van der Waals surface area (Å²) in [5.41, 5.74) is 10.0. The van der Waals surface area contributed by atoms with Gasteiger partial charge in [0.05, 0.1) is 6.04 Å². The van der Waals surface area contributed by atoms with Crippen LogP contribution < -0.4 is 21.1 Å². The van der Waals surface area contributed by atoms with Gasteiger partial charge in [0.15, 0.2) is 0 Å². The van der Waals surface area contributed by atoms with E-state index in [1.807, 2.05) is 78.9 Å². The van der Waals surface area contributed by atoms with Gasteiger partial charge in [-0.25, -0.2) is 4.68 Å². The summed E-state index contributed by atoms with van der Waals surface area (Å²) in [5, 5.41) is 11.0. The number of para-hydroxylation sites is 1. The molecule has 0 spiro atoms. The highest BCUT2D eigenvalue weighted by molar-refractivity contribution is 6.04. The van der Waals surface area contributed by atoms with Crippen LogP contribution in [0.5, 0.6) is 5.75 Å². The summed E-state index contributed by atoms with van der Waals surface area (Å²) in [6.45, 7) is 4.61. The molecule has 4 aromatic rings. The number of carbonyl (C=O) groups is 2. The number of aromatic nitrogens is 2. The molecule has 1 aliphatic rings. The van der Waals surface area contributed by atoms with E-state index in [0.29, 0.717) is 48.1 Å². The third-order valence-electron chi connectivity index (χ3n) is 6.30. The first-order valence-corrected chi connectivity index (χ1v) is 12.0. The van der Waals surface area contributed by atoms with E-state index in [-0.39, 0.29) is 11.9 Å². The third kappa shape index (κ3) is 4.95. The van der Waals surface area contributed by atoms with Crippen LogP contribution in [0.1, 0.15) is 33.9 Å². The second-order valence-electron chi connectivity index (χ2n) is 8.69. The first-order chi connectivity index (χ1) is 18.0. The molecule has 2 heterocycles. The predicted molar refractivity (Wildman–Crippen MR) is 143 cm³/mol. The third-order valence-corrected chi connectivity index (χ3v) is 6.30. The van der Waals surface area contributed by atoms with E-state index in [4.69, 9.17) is 15.6 Å². The summed E-state index contributed by atoms with van der Waals surface area (Å²) in [4.78, 5) is 24.6. The highest BCUT2D eigenvalue weighted by Gasteiger charge is 2.31. The Balaban J connectivity index is 1.48. The van der Waals surface area contributed by atoms with Crippen LogP contribution in [0.25, 0.3) is 11.3 Å². The molecule has 3 aromatic carbocycles. The maximum absolute atomic E-state index is 12.6. The van der Waals surface area contributed by atoms with E-state index in [9.17, 15) is 9.59 Å². The van der Waals surface area contributed by atoms with Crippen molar-refractivity contribution in [2.45, 2.75) is 19.1 Å². The number of hydrogen-bond acceptors (Lipinski definition) is 5. The molecule has 1 atom stereocenters. The van der Waals surface area contributed by atoms with Gasteiger partial charge in [-0.1, -0.05) is 55.1 Å². The highest BCUT2D eigenvalue weighted by Crippen LogP contribution is 2.39. The lowest BCUT2D eigenvalue weighted by atomic mass is 9.99. The van der Waals surface area contributed by atoms with Crippen LogP contribution in [0.2, 0.25) is 0 Å². The van der Waals surface area contributed by atoms with E-state index in [2.05, 4.69) is 17.2 Å². The molecule has 8 nitrogen and oxygen atoms in total. The number of carbonyl (C=O) groups excluding carboxylic acids is 2. The molecular formula is C29H27N5O3. The average Bonchev–Trinajstić information content (AvgIpc) is 3.33. The van der Waals surface area contributed by atoms with E-state index >= 15 is 0 Å². The van der Waals surface area contributed by atoms with Crippen molar-refractivity contribution < 1.29 is 14.3 Å². The molecule has 0 aliphatic carbocycles. The maximum atomic E-state index is 12.6. The van der Waals surface area contributed by atoms with Crippen molar-refractivity contribution in [1.82, 2.24) is 9.78 Å². The number of fused-ring (bicyclic) bond motifs is 1. The fourth-order valence-corrected chi connectivity index (χ4v) is 4.54. The van der Waals surface area contributed by atoms with Gasteiger partial charge < -0.3 is 21.1 Å². The molecule has 1 unspecified atom stereocenters. The van der Waals surface area contributed by atoms with Crippen LogP contribution >= 0.6 is 0 Å². The SMILES string of the molecule is C=CC(=O)Nc1ccccc1C1CCNc2c(C(N)=O)c(-c3ccc(OCc4ccccc4)cc3)nn21. The first kappa shape index (κ1) is 23.9. The standard InChI is InChI=1S/C29H27N5O3/c1-2-25(35)32-23-11-7-6-10-22(23)24-16-17-31-29-26(28(30)36)27(33-34(24)29)20-12-14-21(15-13-20)37-18-19-8-4-3-5-9-19/h2-15,24,31H,1,16-18H2,(H2,30,36)(H,32,35). The van der Waals surface area contributed by atoms with Crippen LogP contribution in [0.3, 0.4) is 0 Å². The predicted octanol–water partition coefficient (Wildman–Crippen LogP) is 4.76. The zero-order valence-corrected chi connectivity index (χ0v) is 20.2. The summed E-state index contributed by atoms with van der Waals surface area (Å²) in [7, 11) is 0. The lowest BCUT2D eigenvalue weighted by Crippen LogP contribution is -2.27. The lowest BCUT2D eigenvalue weighted by molar-refractivity contribution is -0.111. The summed E-state index contributed by atoms with van der Waals surface area (Å²) >= 11 is 0. The van der Waals surface area contributed by atoms with Gasteiger partial charge in [-0.05, 0) is 48.4 Å². The second kappa shape index (κ2) is 10.4. The lowest BCUT2D eigenvalue weighted by Gasteiger charge is -2.28. The van der Waals surface area contributed by atoms with Crippen molar-refractivity contribution in [3.05, 3.63) is 108 Å². The molecule has 4 N–H and O–H groups in total. The molecule has 0 bridgehead atoms. The Morgan fingerprint density at radius 2 is 1.81 bits per heavy atom. The van der Waals surface area contributed by atoms with Crippen LogP contribution in [-0.2, 0) is 11.4 Å². The summed E-state index contributed by atoms with van der Waals surface area (Å²) in [6, 6.07) is 24.7. The van der Waals surface area contributed by atoms with Crippen molar-refractivity contribution >= 4 is 23.3 Å². The van der Waals surface area contributed by atoms with E-state index in [1.165, 1.54) is 6.08 Å². The molecule has 2 amide bonds. The number of nitrogens with two attached hydrogens (primary N) is 1.